The Kier molecular flexibility index (Phi) is 9.03. The van der Waals surface area contributed by atoms with Crippen LogP contribution in [0.1, 0.15) is 69.0 Å². The summed E-state index contributed by atoms with van der Waals surface area (Å²) in [6.07, 6.45) is -0.774. The fourth-order valence-corrected chi connectivity index (χ4v) is 5.50. The average molecular weight is 567 g/mol. The zero-order valence-corrected chi connectivity index (χ0v) is 23.1. The highest BCUT2D eigenvalue weighted by atomic mass is 32.2. The lowest BCUT2D eigenvalue weighted by Crippen LogP contribution is -2.62. The molecule has 0 spiro atoms. The van der Waals surface area contributed by atoms with Crippen LogP contribution in [0.3, 0.4) is 0 Å². The molecule has 4 N–H and O–H groups in total. The number of ether oxygens (including phenoxy) is 2. The number of nitrogens with two attached hydrogens (primary N) is 1. The maximum absolute atomic E-state index is 13.7. The molecule has 3 rings (SSSR count). The molecular weight excluding hydrogens is 532 g/mol. The predicted molar refractivity (Wildman–Crippen MR) is 138 cm³/mol. The van der Waals surface area contributed by atoms with Crippen molar-refractivity contribution in [1.29, 1.82) is 0 Å². The van der Waals surface area contributed by atoms with Gasteiger partial charge in [-0.2, -0.15) is 4.72 Å². The van der Waals surface area contributed by atoms with Crippen molar-refractivity contribution in [1.82, 2.24) is 14.8 Å². The lowest BCUT2D eigenvalue weighted by molar-refractivity contribution is -0.138. The van der Waals surface area contributed by atoms with Gasteiger partial charge in [0.1, 0.15) is 5.60 Å². The number of piperidine rings is 1. The van der Waals surface area contributed by atoms with Crippen LogP contribution >= 0.6 is 0 Å². The Bertz CT molecular complexity index is 1300. The lowest BCUT2D eigenvalue weighted by Gasteiger charge is -2.33. The summed E-state index contributed by atoms with van der Waals surface area (Å²) < 4.78 is 44.4. The molecule has 1 aromatic carbocycles. The van der Waals surface area contributed by atoms with Gasteiger partial charge in [-0.05, 0) is 63.7 Å². The summed E-state index contributed by atoms with van der Waals surface area (Å²) in [7, 11) is -4.40. The van der Waals surface area contributed by atoms with Gasteiger partial charge in [0.25, 0.3) is 5.88 Å². The van der Waals surface area contributed by atoms with Crippen LogP contribution in [0.4, 0.5) is 4.79 Å². The topological polar surface area (TPSA) is 191 Å². The zero-order valence-electron chi connectivity index (χ0n) is 22.3. The van der Waals surface area contributed by atoms with E-state index < -0.39 is 51.3 Å². The van der Waals surface area contributed by atoms with E-state index in [-0.39, 0.29) is 28.9 Å². The van der Waals surface area contributed by atoms with Gasteiger partial charge in [-0.15, -0.1) is 0 Å². The predicted octanol–water partition coefficient (Wildman–Crippen LogP) is 2.48. The largest absolute Gasteiger partial charge is 0.481 e. The lowest BCUT2D eigenvalue weighted by atomic mass is 9.87. The first-order valence-corrected chi connectivity index (χ1v) is 13.9. The van der Waals surface area contributed by atoms with Crippen LogP contribution in [0.2, 0.25) is 0 Å². The van der Waals surface area contributed by atoms with E-state index in [4.69, 9.17) is 19.7 Å². The number of sulfonamides is 1. The number of benzene rings is 1. The molecule has 0 unspecified atom stereocenters. The number of Topliss-reactive ketones (excluding diaryl/α,β-unsaturated/α-hetero) is 1. The van der Waals surface area contributed by atoms with Crippen LogP contribution in [0.15, 0.2) is 39.8 Å². The smallest absolute Gasteiger partial charge is 0.410 e. The Morgan fingerprint density at radius 3 is 2.33 bits per heavy atom. The molecule has 1 fully saturated rings. The molecular formula is C25H34N4O9S. The quantitative estimate of drug-likeness (QED) is 0.283. The molecule has 2 aromatic rings. The zero-order chi connectivity index (χ0) is 29.0. The maximum Gasteiger partial charge on any atom is 0.410 e. The first-order valence-electron chi connectivity index (χ1n) is 12.4. The first-order chi connectivity index (χ1) is 18.2. The summed E-state index contributed by atoms with van der Waals surface area (Å²) in [6, 6.07) is 7.09. The second-order valence-corrected chi connectivity index (χ2v) is 11.9. The molecule has 214 valence electrons. The third-order valence-electron chi connectivity index (χ3n) is 5.94. The highest BCUT2D eigenvalue weighted by molar-refractivity contribution is 7.89. The van der Waals surface area contributed by atoms with Crippen molar-refractivity contribution < 1.29 is 41.9 Å². The van der Waals surface area contributed by atoms with Gasteiger partial charge in [-0.25, -0.2) is 13.2 Å². The molecule has 1 saturated heterocycles. The van der Waals surface area contributed by atoms with Crippen LogP contribution in [0.5, 0.6) is 5.88 Å². The Morgan fingerprint density at radius 2 is 1.79 bits per heavy atom. The average Bonchev–Trinajstić information content (AvgIpc) is 3.26. The van der Waals surface area contributed by atoms with Gasteiger partial charge in [0.2, 0.25) is 21.6 Å². The third kappa shape index (κ3) is 7.34. The van der Waals surface area contributed by atoms with Crippen LogP contribution in [0, 0.1) is 0 Å². The van der Waals surface area contributed by atoms with E-state index in [9.17, 15) is 27.9 Å². The fraction of sp³-hybridized carbons (Fsp3) is 0.520. The molecule has 1 amide bonds. The second-order valence-electron chi connectivity index (χ2n) is 10.2. The van der Waals surface area contributed by atoms with Gasteiger partial charge >= 0.3 is 12.1 Å². The number of likely N-dealkylation sites (tertiary alicyclic amines) is 1. The van der Waals surface area contributed by atoms with Gasteiger partial charge in [0.15, 0.2) is 5.66 Å². The van der Waals surface area contributed by atoms with Crippen LogP contribution in [0.25, 0.3) is 0 Å². The number of aliphatic carboxylic acids is 1. The summed E-state index contributed by atoms with van der Waals surface area (Å²) >= 11 is 0. The highest BCUT2D eigenvalue weighted by Gasteiger charge is 2.46. The van der Waals surface area contributed by atoms with Gasteiger partial charge in [0.05, 0.1) is 23.5 Å². The highest BCUT2D eigenvalue weighted by Crippen LogP contribution is 2.38. The molecule has 13 nitrogen and oxygen atoms in total. The third-order valence-corrected chi connectivity index (χ3v) is 7.47. The molecule has 39 heavy (non-hydrogen) atoms. The minimum Gasteiger partial charge on any atom is -0.481 e. The Labute approximate surface area is 226 Å². The summed E-state index contributed by atoms with van der Waals surface area (Å²) in [6.45, 7) is 7.79. The van der Waals surface area contributed by atoms with E-state index in [0.717, 1.165) is 0 Å². The minimum absolute atomic E-state index is 0.0140. The van der Waals surface area contributed by atoms with Crippen molar-refractivity contribution in [2.24, 2.45) is 5.73 Å². The number of carboxylic acids is 1. The summed E-state index contributed by atoms with van der Waals surface area (Å²) in [5.74, 6) is -3.41. The molecule has 0 bridgehead atoms. The van der Waals surface area contributed by atoms with E-state index in [2.05, 4.69) is 9.88 Å². The molecule has 14 heteroatoms. The number of rotatable bonds is 10. The monoisotopic (exact) mass is 566 g/mol. The number of aromatic nitrogens is 1. The Hall–Kier alpha value is -3.49. The van der Waals surface area contributed by atoms with Gasteiger partial charge in [-0.1, -0.05) is 18.2 Å². The molecule has 2 heterocycles. The van der Waals surface area contributed by atoms with Crippen LogP contribution in [-0.2, 0) is 19.6 Å². The summed E-state index contributed by atoms with van der Waals surface area (Å²) in [5, 5.41) is 13.3. The van der Waals surface area contributed by atoms with Crippen molar-refractivity contribution in [3.8, 4) is 5.88 Å². The standard InChI is InChI=1S/C25H34N4O9S/c1-5-36-22-19(16-11-13-29(14-12-16)23(33)37-24(2,3)4)20(38-27-22)21(32)25(26,15-18(30)31)28-39(34,35)17-9-7-6-8-10-17/h6-10,16,28H,5,11-15,26H2,1-4H3,(H,30,31)/t25-/m0/s1. The summed E-state index contributed by atoms with van der Waals surface area (Å²) in [5.41, 5.74) is 3.16. The molecule has 0 saturated carbocycles. The first kappa shape index (κ1) is 30.1. The SMILES string of the molecule is CCOc1noc(C(=O)[C@](N)(CC(=O)O)NS(=O)(=O)c2ccccc2)c1C1CCN(C(=O)OC(C)(C)C)CC1. The molecule has 0 aliphatic carbocycles. The number of carbonyl (C=O) groups excluding carboxylic acids is 2. The number of hydrogen-bond acceptors (Lipinski definition) is 10. The Balaban J connectivity index is 1.93. The number of hydrogen-bond donors (Lipinski definition) is 3. The van der Waals surface area contributed by atoms with Crippen LogP contribution in [-0.4, -0.2) is 72.4 Å². The molecule has 1 aliphatic heterocycles. The van der Waals surface area contributed by atoms with Crippen LogP contribution < -0.4 is 15.2 Å². The number of nitrogens with one attached hydrogen (secondary N) is 1. The van der Waals surface area contributed by atoms with Crippen molar-refractivity contribution in [2.45, 2.75) is 69.0 Å². The molecule has 1 aliphatic rings. The summed E-state index contributed by atoms with van der Waals surface area (Å²) in [4.78, 5) is 39.2. The number of carboxylic acid groups (broad SMARTS) is 1. The van der Waals surface area contributed by atoms with Crippen molar-refractivity contribution >= 4 is 27.9 Å². The van der Waals surface area contributed by atoms with Crippen molar-refractivity contribution in [2.75, 3.05) is 19.7 Å². The minimum atomic E-state index is -4.40. The van der Waals surface area contributed by atoms with E-state index in [1.165, 1.54) is 24.3 Å². The second kappa shape index (κ2) is 11.7. The van der Waals surface area contributed by atoms with Gasteiger partial charge in [0, 0.05) is 13.1 Å². The van der Waals surface area contributed by atoms with Gasteiger partial charge in [-0.3, -0.25) is 9.59 Å². The van der Waals surface area contributed by atoms with E-state index in [0.29, 0.717) is 25.9 Å². The number of amides is 1. The number of ketones is 1. The number of carbonyl (C=O) groups is 3. The molecule has 1 atom stereocenters. The molecule has 0 radical (unpaired) electrons. The fourth-order valence-electron chi connectivity index (χ4n) is 4.23. The maximum atomic E-state index is 13.7. The number of nitrogens with zero attached hydrogens (tertiary/aromatic N) is 2. The van der Waals surface area contributed by atoms with Gasteiger partial charge < -0.3 is 29.7 Å². The van der Waals surface area contributed by atoms with E-state index in [1.54, 1.807) is 38.7 Å². The Morgan fingerprint density at radius 1 is 1.18 bits per heavy atom. The normalized spacial score (nSPS) is 16.4. The van der Waals surface area contributed by atoms with E-state index >= 15 is 0 Å². The van der Waals surface area contributed by atoms with E-state index in [1.807, 2.05) is 0 Å². The molecule has 1 aromatic heterocycles. The van der Waals surface area contributed by atoms with Crippen molar-refractivity contribution in [3.63, 3.8) is 0 Å². The van der Waals surface area contributed by atoms with Crippen molar-refractivity contribution in [3.05, 3.63) is 41.7 Å².